The van der Waals surface area contributed by atoms with E-state index >= 15 is 0 Å². The van der Waals surface area contributed by atoms with Gasteiger partial charge < -0.3 is 23.5 Å². The Morgan fingerprint density at radius 2 is 0.536 bits per heavy atom. The average molecular weight is 1460 g/mol. The molecule has 0 amide bonds. The molecule has 0 saturated carbocycles. The van der Waals surface area contributed by atoms with Crippen molar-refractivity contribution in [2.24, 2.45) is 0 Å². The van der Waals surface area contributed by atoms with Crippen LogP contribution in [-0.4, -0.2) is 20.4 Å². The van der Waals surface area contributed by atoms with E-state index in [0.717, 1.165) is 21.8 Å². The number of benzene rings is 15. The smallest absolute Gasteiger partial charge is 0.252 e. The fraction of sp³-hybridized carbons (Fsp3) is 0.151. The summed E-state index contributed by atoms with van der Waals surface area (Å²) in [5.74, 6) is 0. The number of hydrogen-bond donors (Lipinski definition) is 0. The summed E-state index contributed by atoms with van der Waals surface area (Å²) in [7, 11) is 0. The van der Waals surface area contributed by atoms with Crippen LogP contribution in [0.5, 0.6) is 0 Å². The normalized spacial score (nSPS) is 15.4. The second-order valence-electron chi connectivity index (χ2n) is 33.8. The van der Waals surface area contributed by atoms with Gasteiger partial charge in [0.1, 0.15) is 0 Å². The summed E-state index contributed by atoms with van der Waals surface area (Å²) in [6.45, 7) is 20.3. The summed E-state index contributed by atoms with van der Waals surface area (Å²) in [4.78, 5) is 3.92. The minimum atomic E-state index is -1.60. The van der Waals surface area contributed by atoms with Crippen molar-refractivity contribution < 1.29 is 24.7 Å². The third-order valence-corrected chi connectivity index (χ3v) is 22.2. The van der Waals surface area contributed by atoms with Gasteiger partial charge in [-0.3, -0.25) is 0 Å². The van der Waals surface area contributed by atoms with E-state index in [2.05, 4.69) is 16.7 Å². The van der Waals surface area contributed by atoms with Crippen LogP contribution >= 0.6 is 0 Å². The molecule has 5 nitrogen and oxygen atoms in total. The zero-order chi connectivity index (χ0) is 92.1. The molecule has 112 heavy (non-hydrogen) atoms. The van der Waals surface area contributed by atoms with Gasteiger partial charge in [-0.05, 0) is 179 Å². The number of aromatic nitrogens is 3. The van der Waals surface area contributed by atoms with Gasteiger partial charge in [-0.2, -0.15) is 0 Å². The van der Waals surface area contributed by atoms with Crippen molar-refractivity contribution in [3.05, 3.63) is 349 Å². The first-order chi connectivity index (χ1) is 61.7. The maximum atomic E-state index is 12.1. The van der Waals surface area contributed by atoms with Crippen molar-refractivity contribution in [3.63, 3.8) is 0 Å². The largest absolute Gasteiger partial charge is 0.310 e. The topological polar surface area (TPSA) is 21.3 Å². The predicted octanol–water partition coefficient (Wildman–Crippen LogP) is 26.9. The van der Waals surface area contributed by atoms with Crippen LogP contribution < -0.4 is 26.2 Å². The molecule has 0 radical (unpaired) electrons. The maximum Gasteiger partial charge on any atom is 0.252 e. The monoisotopic (exact) mass is 1460 g/mol. The van der Waals surface area contributed by atoms with E-state index in [0.29, 0.717) is 78.4 Å². The van der Waals surface area contributed by atoms with Gasteiger partial charge in [-0.15, -0.1) is 0 Å². The summed E-state index contributed by atoms with van der Waals surface area (Å²) in [5, 5.41) is 1.68. The Morgan fingerprint density at radius 1 is 0.250 bits per heavy atom. The lowest BCUT2D eigenvalue weighted by Crippen LogP contribution is -2.61. The fourth-order valence-electron chi connectivity index (χ4n) is 16.7. The number of fused-ring (bicyclic) bond motifs is 13. The second-order valence-corrected chi connectivity index (χ2v) is 33.8. The van der Waals surface area contributed by atoms with Gasteiger partial charge in [0.15, 0.2) is 0 Å². The standard InChI is InChI=1S/C106H90BN5/c1-103(2,3)71-47-55-92-84(59-71)85-60-72(104(4,5)6)48-56-93(85)108(92)75-51-53-88-96(63-75)111(101-78(67-31-17-13-18-32-67)41-29-42-79(101)68-33-19-14-20-34-68)98-65-77(110-90-45-27-25-39-82(90)83-40-26-28-46-91(83)110)66-99-100(98)107(88)89-54-52-76(109-94-57-49-73(105(7,8)9)61-86(94)87-62-74(106(10,11)12)50-58-95(87)109)64-97(89)112(99)102-80(69-35-21-15-22-36-69)43-30-44-81(102)70-37-23-16-24-38-70/h13-66H,1-12H3/i47D,48D,49D,50D,51D,52D,53D,54D,55D,56D,57D,58D,59D,60D,61D,62D,63D,64D. The summed E-state index contributed by atoms with van der Waals surface area (Å²) in [6, 6.07) is 63.2. The molecule has 0 atom stereocenters. The number of rotatable bonds is 9. The van der Waals surface area contributed by atoms with Crippen molar-refractivity contribution >= 4 is 123 Å². The summed E-state index contributed by atoms with van der Waals surface area (Å²) in [5.41, 5.74) is 4.02. The molecule has 6 heteroatoms. The van der Waals surface area contributed by atoms with E-state index in [4.69, 9.17) is 0 Å². The van der Waals surface area contributed by atoms with Gasteiger partial charge in [-0.25, -0.2) is 0 Å². The highest BCUT2D eigenvalue weighted by molar-refractivity contribution is 7.00. The van der Waals surface area contributed by atoms with E-state index in [9.17, 15) is 24.7 Å². The number of nitrogens with zero attached hydrogens (tertiary/aromatic N) is 5. The van der Waals surface area contributed by atoms with Crippen LogP contribution in [0.15, 0.2) is 327 Å². The first-order valence-corrected chi connectivity index (χ1v) is 38.4. The zero-order valence-electron chi connectivity index (χ0n) is 82.6. The highest BCUT2D eigenvalue weighted by Crippen LogP contribution is 2.55. The highest BCUT2D eigenvalue weighted by atomic mass is 15.2. The van der Waals surface area contributed by atoms with E-state index in [1.54, 1.807) is 0 Å². The average Bonchev–Trinajstić information content (AvgIpc) is 0.994. The van der Waals surface area contributed by atoms with E-state index < -0.39 is 100 Å². The van der Waals surface area contributed by atoms with E-state index in [1.807, 2.05) is 299 Å². The first-order valence-electron chi connectivity index (χ1n) is 47.4. The molecule has 15 aromatic carbocycles. The van der Waals surface area contributed by atoms with Gasteiger partial charge in [0, 0.05) is 88.7 Å². The molecule has 0 bridgehead atoms. The van der Waals surface area contributed by atoms with Gasteiger partial charge >= 0.3 is 0 Å². The Bertz CT molecular complexity index is 7240. The summed E-state index contributed by atoms with van der Waals surface area (Å²) >= 11 is 0. The Morgan fingerprint density at radius 3 is 0.839 bits per heavy atom. The van der Waals surface area contributed by atoms with Crippen LogP contribution in [0.2, 0.25) is 0 Å². The number of anilines is 6. The molecule has 20 rings (SSSR count). The van der Waals surface area contributed by atoms with Gasteiger partial charge in [-0.1, -0.05) is 313 Å². The van der Waals surface area contributed by atoms with Gasteiger partial charge in [0.2, 0.25) is 0 Å². The Balaban J connectivity index is 1.07. The molecule has 0 unspecified atom stereocenters. The summed E-state index contributed by atoms with van der Waals surface area (Å²) in [6.07, 6.45) is 0. The molecule has 18 aromatic rings. The zero-order valence-corrected chi connectivity index (χ0v) is 64.6. The first kappa shape index (κ1) is 51.7. The Hall–Kier alpha value is -12.6. The minimum Gasteiger partial charge on any atom is -0.310 e. The van der Waals surface area contributed by atoms with Crippen LogP contribution in [0.4, 0.5) is 34.1 Å². The van der Waals surface area contributed by atoms with Crippen molar-refractivity contribution in [2.75, 3.05) is 9.80 Å². The fourth-order valence-corrected chi connectivity index (χ4v) is 16.7. The van der Waals surface area contributed by atoms with Gasteiger partial charge in [0.05, 0.1) is 74.8 Å². The number of para-hydroxylation sites is 4. The molecule has 0 saturated heterocycles. The molecular weight excluding hydrogens is 1350 g/mol. The molecule has 0 spiro atoms. The molecule has 0 N–H and O–H groups in total. The van der Waals surface area contributed by atoms with E-state index in [1.165, 1.54) is 9.13 Å². The molecule has 2 aliphatic heterocycles. The predicted molar refractivity (Wildman–Crippen MR) is 480 cm³/mol. The van der Waals surface area contributed by atoms with Crippen LogP contribution in [0.1, 0.15) is 130 Å². The quantitative estimate of drug-likeness (QED) is 0.134. The molecular formula is C106H90BN5. The SMILES string of the molecule is [2H]c1c([2H])c(-n2c3c([2H])c([2H])c(C(C)(C)C)c([2H])c3c3c([2H])c(C(C)(C)C)c([2H])c([2H])c32)c([2H])c2c1B1c3c(cc(-n4c5ccccc5c5ccccc54)cc3N(c3c(-c4ccccc4)cccc3-c3ccccc3)c3c([2H])c(-n4c5c([2H])c([2H])c(C(C)(C)C)c([2H])c5c5c([2H])c(C(C)(C)C)c([2H])c([2H])c54)c([2H])c([2H])c31)N2c1c(-c2ccccc2)cccc1-c1ccccc1. The minimum absolute atomic E-state index is 0.0256. The second kappa shape index (κ2) is 25.5. The molecule has 542 valence electrons. The third-order valence-electron chi connectivity index (χ3n) is 22.2. The van der Waals surface area contributed by atoms with Crippen LogP contribution in [0.3, 0.4) is 0 Å². The Kier molecular flexibility index (Phi) is 11.8. The van der Waals surface area contributed by atoms with Crippen LogP contribution in [0.25, 0.3) is 127 Å². The molecule has 3 aromatic heterocycles. The van der Waals surface area contributed by atoms with Crippen molar-refractivity contribution in [1.82, 2.24) is 13.7 Å². The molecule has 5 heterocycles. The van der Waals surface area contributed by atoms with E-state index in [-0.39, 0.29) is 137 Å². The summed E-state index contributed by atoms with van der Waals surface area (Å²) < 4.78 is 199. The van der Waals surface area contributed by atoms with Crippen LogP contribution in [-0.2, 0) is 21.7 Å². The molecule has 0 aliphatic carbocycles. The lowest BCUT2D eigenvalue weighted by molar-refractivity contribution is 0.590. The van der Waals surface area contributed by atoms with Gasteiger partial charge in [0.25, 0.3) is 6.71 Å². The molecule has 0 fully saturated rings. The lowest BCUT2D eigenvalue weighted by Gasteiger charge is -2.46. The Labute approximate surface area is 683 Å². The number of hydrogen-bond acceptors (Lipinski definition) is 2. The lowest BCUT2D eigenvalue weighted by atomic mass is 9.33. The van der Waals surface area contributed by atoms with Crippen LogP contribution in [0, 0.1) is 0 Å². The maximum absolute atomic E-state index is 12.1. The molecule has 2 aliphatic rings. The van der Waals surface area contributed by atoms with Crippen molar-refractivity contribution in [2.45, 2.75) is 105 Å². The van der Waals surface area contributed by atoms with Crippen molar-refractivity contribution in [1.29, 1.82) is 0 Å². The third kappa shape index (κ3) is 10.9. The van der Waals surface area contributed by atoms with Crippen molar-refractivity contribution in [3.8, 4) is 61.6 Å². The highest BCUT2D eigenvalue weighted by Gasteiger charge is 2.46.